The number of carbonyl (C=O) groups excluding carboxylic acids is 1. The predicted octanol–water partition coefficient (Wildman–Crippen LogP) is 2.06. The molecule has 0 spiro atoms. The summed E-state index contributed by atoms with van der Waals surface area (Å²) in [5.74, 6) is -0.0984. The van der Waals surface area contributed by atoms with Gasteiger partial charge in [-0.25, -0.2) is 0 Å². The van der Waals surface area contributed by atoms with E-state index in [2.05, 4.69) is 5.32 Å². The Kier molecular flexibility index (Phi) is 6.64. The third-order valence-corrected chi connectivity index (χ3v) is 2.91. The number of nitrogens with one attached hydrogen (secondary N) is 1. The first-order chi connectivity index (χ1) is 9.69. The van der Waals surface area contributed by atoms with Crippen molar-refractivity contribution >= 4 is 11.6 Å². The molecule has 1 aromatic carbocycles. The molecule has 0 bridgehead atoms. The second-order valence-electron chi connectivity index (χ2n) is 4.37. The quantitative estimate of drug-likeness (QED) is 0.822. The van der Waals surface area contributed by atoms with Crippen molar-refractivity contribution in [3.8, 4) is 12.1 Å². The summed E-state index contributed by atoms with van der Waals surface area (Å²) in [4.78, 5) is 13.6. The molecular formula is C15H18N4O. The van der Waals surface area contributed by atoms with E-state index in [0.717, 1.165) is 11.3 Å². The number of carbonyl (C=O) groups is 1. The van der Waals surface area contributed by atoms with E-state index >= 15 is 0 Å². The lowest BCUT2D eigenvalue weighted by Crippen LogP contribution is -2.37. The Balaban J connectivity index is 2.55. The van der Waals surface area contributed by atoms with E-state index in [1.807, 2.05) is 43.3 Å². The fourth-order valence-electron chi connectivity index (χ4n) is 1.79. The number of amides is 1. The van der Waals surface area contributed by atoms with Gasteiger partial charge in [0, 0.05) is 18.8 Å². The first-order valence-electron chi connectivity index (χ1n) is 6.50. The summed E-state index contributed by atoms with van der Waals surface area (Å²) >= 11 is 0. The molecule has 0 atom stereocenters. The fourth-order valence-corrected chi connectivity index (χ4v) is 1.79. The molecule has 0 heterocycles. The van der Waals surface area contributed by atoms with Crippen LogP contribution in [0.2, 0.25) is 0 Å². The van der Waals surface area contributed by atoms with Crippen molar-refractivity contribution < 1.29 is 4.79 Å². The number of aryl methyl sites for hydroxylation is 1. The largest absolute Gasteiger partial charge is 0.376 e. The second-order valence-corrected chi connectivity index (χ2v) is 4.37. The smallest absolute Gasteiger partial charge is 0.241 e. The zero-order valence-electron chi connectivity index (χ0n) is 11.6. The van der Waals surface area contributed by atoms with Gasteiger partial charge in [-0.05, 0) is 18.6 Å². The average molecular weight is 270 g/mol. The maximum atomic E-state index is 12.1. The minimum Gasteiger partial charge on any atom is -0.376 e. The molecule has 1 aromatic rings. The Labute approximate surface area is 119 Å². The van der Waals surface area contributed by atoms with Crippen molar-refractivity contribution in [3.05, 3.63) is 29.8 Å². The van der Waals surface area contributed by atoms with Crippen molar-refractivity contribution in [2.45, 2.75) is 19.8 Å². The number of hydrogen-bond donors (Lipinski definition) is 1. The molecule has 0 aliphatic rings. The Hall–Kier alpha value is -2.53. The van der Waals surface area contributed by atoms with Crippen LogP contribution in [0.4, 0.5) is 5.69 Å². The number of anilines is 1. The summed E-state index contributed by atoms with van der Waals surface area (Å²) in [5.41, 5.74) is 1.99. The highest BCUT2D eigenvalue weighted by Gasteiger charge is 2.12. The van der Waals surface area contributed by atoms with Crippen LogP contribution < -0.4 is 5.32 Å². The molecule has 0 fully saturated rings. The van der Waals surface area contributed by atoms with Crippen molar-refractivity contribution in [2.24, 2.45) is 0 Å². The van der Waals surface area contributed by atoms with Crippen LogP contribution in [0.3, 0.4) is 0 Å². The van der Waals surface area contributed by atoms with E-state index in [-0.39, 0.29) is 25.3 Å². The van der Waals surface area contributed by atoms with Gasteiger partial charge in [-0.2, -0.15) is 10.5 Å². The molecule has 1 N–H and O–H groups in total. The zero-order valence-corrected chi connectivity index (χ0v) is 11.6. The molecule has 5 heteroatoms. The molecular weight excluding hydrogens is 252 g/mol. The maximum absolute atomic E-state index is 12.1. The highest BCUT2D eigenvalue weighted by Crippen LogP contribution is 2.12. The van der Waals surface area contributed by atoms with Crippen LogP contribution in [-0.4, -0.2) is 30.4 Å². The summed E-state index contributed by atoms with van der Waals surface area (Å²) in [6, 6.07) is 11.8. The Morgan fingerprint density at radius 2 is 1.80 bits per heavy atom. The topological polar surface area (TPSA) is 79.9 Å². The van der Waals surface area contributed by atoms with Gasteiger partial charge in [0.25, 0.3) is 0 Å². The lowest BCUT2D eigenvalue weighted by molar-refractivity contribution is -0.129. The molecule has 20 heavy (non-hydrogen) atoms. The van der Waals surface area contributed by atoms with Crippen LogP contribution in [0.1, 0.15) is 18.4 Å². The van der Waals surface area contributed by atoms with Gasteiger partial charge in [-0.3, -0.25) is 4.79 Å². The Bertz CT molecular complexity index is 509. The molecule has 0 saturated heterocycles. The summed E-state index contributed by atoms with van der Waals surface area (Å²) in [6.07, 6.45) is 0.559. The summed E-state index contributed by atoms with van der Waals surface area (Å²) in [5, 5.41) is 20.3. The Morgan fingerprint density at radius 1 is 1.20 bits per heavy atom. The van der Waals surface area contributed by atoms with Crippen molar-refractivity contribution in [2.75, 3.05) is 25.0 Å². The number of rotatable bonds is 7. The van der Waals surface area contributed by atoms with Crippen molar-refractivity contribution in [1.82, 2.24) is 4.90 Å². The highest BCUT2D eigenvalue weighted by molar-refractivity contribution is 5.81. The standard InChI is InChI=1S/C15H18N4O/c1-13-6-2-3-7-14(13)18-12-15(20)19(10-4-8-16)11-5-9-17/h2-3,6-7,18H,4-5,10-12H2,1H3. The number of nitriles is 2. The van der Waals surface area contributed by atoms with Crippen LogP contribution >= 0.6 is 0 Å². The first-order valence-corrected chi connectivity index (χ1v) is 6.50. The zero-order chi connectivity index (χ0) is 14.8. The molecule has 1 rings (SSSR count). The van der Waals surface area contributed by atoms with Crippen LogP contribution in [0.5, 0.6) is 0 Å². The minimum atomic E-state index is -0.0984. The first kappa shape index (κ1) is 15.5. The molecule has 104 valence electrons. The van der Waals surface area contributed by atoms with Gasteiger partial charge in [-0.15, -0.1) is 0 Å². The van der Waals surface area contributed by atoms with Crippen LogP contribution in [0, 0.1) is 29.6 Å². The van der Waals surface area contributed by atoms with Gasteiger partial charge < -0.3 is 10.2 Å². The molecule has 1 amide bonds. The fraction of sp³-hybridized carbons (Fsp3) is 0.400. The van der Waals surface area contributed by atoms with Crippen LogP contribution in [-0.2, 0) is 4.79 Å². The number of hydrogen-bond acceptors (Lipinski definition) is 4. The van der Waals surface area contributed by atoms with Gasteiger partial charge >= 0.3 is 0 Å². The lowest BCUT2D eigenvalue weighted by atomic mass is 10.2. The summed E-state index contributed by atoms with van der Waals surface area (Å²) in [7, 11) is 0. The van der Waals surface area contributed by atoms with Gasteiger partial charge in [0.15, 0.2) is 0 Å². The van der Waals surface area contributed by atoms with E-state index < -0.39 is 0 Å². The predicted molar refractivity (Wildman–Crippen MR) is 76.7 cm³/mol. The third kappa shape index (κ3) is 4.99. The van der Waals surface area contributed by atoms with Gasteiger partial charge in [0.05, 0.1) is 31.5 Å². The van der Waals surface area contributed by atoms with Crippen LogP contribution in [0.15, 0.2) is 24.3 Å². The van der Waals surface area contributed by atoms with E-state index in [1.165, 1.54) is 0 Å². The monoisotopic (exact) mass is 270 g/mol. The minimum absolute atomic E-state index is 0.0984. The normalized spacial score (nSPS) is 9.35. The van der Waals surface area contributed by atoms with E-state index in [9.17, 15) is 4.79 Å². The number of nitrogens with zero attached hydrogens (tertiary/aromatic N) is 3. The molecule has 0 aliphatic heterocycles. The van der Waals surface area contributed by atoms with Gasteiger partial charge in [0.2, 0.25) is 5.91 Å². The van der Waals surface area contributed by atoms with Crippen LogP contribution in [0.25, 0.3) is 0 Å². The Morgan fingerprint density at radius 3 is 2.35 bits per heavy atom. The molecule has 0 saturated carbocycles. The molecule has 0 radical (unpaired) electrons. The van der Waals surface area contributed by atoms with Crippen molar-refractivity contribution in [1.29, 1.82) is 10.5 Å². The van der Waals surface area contributed by atoms with Crippen molar-refractivity contribution in [3.63, 3.8) is 0 Å². The average Bonchev–Trinajstić information content (AvgIpc) is 2.46. The molecule has 5 nitrogen and oxygen atoms in total. The van der Waals surface area contributed by atoms with E-state index in [4.69, 9.17) is 10.5 Å². The SMILES string of the molecule is Cc1ccccc1NCC(=O)N(CCC#N)CCC#N. The molecule has 0 aromatic heterocycles. The lowest BCUT2D eigenvalue weighted by Gasteiger charge is -2.21. The number of benzene rings is 1. The second kappa shape index (κ2) is 8.55. The summed E-state index contributed by atoms with van der Waals surface area (Å²) < 4.78 is 0. The van der Waals surface area contributed by atoms with E-state index in [1.54, 1.807) is 4.90 Å². The third-order valence-electron chi connectivity index (χ3n) is 2.91. The maximum Gasteiger partial charge on any atom is 0.241 e. The van der Waals surface area contributed by atoms with Gasteiger partial charge in [0.1, 0.15) is 0 Å². The summed E-state index contributed by atoms with van der Waals surface area (Å²) in [6.45, 7) is 2.87. The molecule has 0 aliphatic carbocycles. The molecule has 0 unspecified atom stereocenters. The van der Waals surface area contributed by atoms with E-state index in [0.29, 0.717) is 13.1 Å². The highest BCUT2D eigenvalue weighted by atomic mass is 16.2. The number of para-hydroxylation sites is 1. The van der Waals surface area contributed by atoms with Gasteiger partial charge in [-0.1, -0.05) is 18.2 Å².